The molecule has 0 spiro atoms. The SMILES string of the molecule is CC(=O)N(C(C)=O)n1nnc(C)c1-c1ccccc1. The van der Waals surface area contributed by atoms with Crippen molar-refractivity contribution in [3.8, 4) is 11.3 Å². The maximum absolute atomic E-state index is 11.6. The zero-order valence-electron chi connectivity index (χ0n) is 11.0. The van der Waals surface area contributed by atoms with Gasteiger partial charge in [0.05, 0.1) is 5.69 Å². The van der Waals surface area contributed by atoms with Crippen molar-refractivity contribution in [3.63, 3.8) is 0 Å². The van der Waals surface area contributed by atoms with E-state index in [1.807, 2.05) is 30.3 Å². The zero-order chi connectivity index (χ0) is 14.0. The van der Waals surface area contributed by atoms with E-state index >= 15 is 0 Å². The van der Waals surface area contributed by atoms with Gasteiger partial charge >= 0.3 is 0 Å². The smallest absolute Gasteiger partial charge is 0.246 e. The fourth-order valence-corrected chi connectivity index (χ4v) is 1.90. The van der Waals surface area contributed by atoms with Crippen LogP contribution in [0.4, 0.5) is 0 Å². The van der Waals surface area contributed by atoms with E-state index in [9.17, 15) is 9.59 Å². The second-order valence-corrected chi connectivity index (χ2v) is 4.13. The van der Waals surface area contributed by atoms with E-state index < -0.39 is 11.8 Å². The minimum Gasteiger partial charge on any atom is -0.273 e. The molecular formula is C13H14N4O2. The van der Waals surface area contributed by atoms with E-state index in [2.05, 4.69) is 10.3 Å². The molecule has 2 aromatic rings. The zero-order valence-corrected chi connectivity index (χ0v) is 11.0. The molecule has 2 amide bonds. The molecular weight excluding hydrogens is 244 g/mol. The number of carbonyl (C=O) groups excluding carboxylic acids is 2. The molecule has 0 atom stereocenters. The van der Waals surface area contributed by atoms with Crippen LogP contribution in [-0.4, -0.2) is 26.9 Å². The van der Waals surface area contributed by atoms with Crippen molar-refractivity contribution in [1.29, 1.82) is 0 Å². The third-order valence-electron chi connectivity index (χ3n) is 2.66. The standard InChI is InChI=1S/C13H14N4O2/c1-9-13(12-7-5-4-6-8-12)17(15-14-9)16(10(2)18)11(3)19/h4-8H,1-3H3. The first-order valence-electron chi connectivity index (χ1n) is 5.81. The lowest BCUT2D eigenvalue weighted by Crippen LogP contribution is -2.43. The lowest BCUT2D eigenvalue weighted by molar-refractivity contribution is -0.126. The number of carbonyl (C=O) groups is 2. The summed E-state index contributed by atoms with van der Waals surface area (Å²) in [7, 11) is 0. The van der Waals surface area contributed by atoms with Gasteiger partial charge in [0.2, 0.25) is 11.8 Å². The largest absolute Gasteiger partial charge is 0.273 e. The highest BCUT2D eigenvalue weighted by Gasteiger charge is 2.22. The quantitative estimate of drug-likeness (QED) is 0.813. The maximum Gasteiger partial charge on any atom is 0.246 e. The Balaban J connectivity index is 2.61. The first-order chi connectivity index (χ1) is 9.02. The minimum atomic E-state index is -0.408. The van der Waals surface area contributed by atoms with Crippen LogP contribution in [0.15, 0.2) is 30.3 Å². The third kappa shape index (κ3) is 2.37. The molecule has 0 aliphatic rings. The maximum atomic E-state index is 11.6. The Hall–Kier alpha value is -2.50. The van der Waals surface area contributed by atoms with Crippen LogP contribution < -0.4 is 5.01 Å². The number of amides is 2. The first kappa shape index (κ1) is 12.9. The van der Waals surface area contributed by atoms with Crippen molar-refractivity contribution in [3.05, 3.63) is 36.0 Å². The molecule has 0 radical (unpaired) electrons. The van der Waals surface area contributed by atoms with Crippen LogP contribution in [-0.2, 0) is 9.59 Å². The summed E-state index contributed by atoms with van der Waals surface area (Å²) < 4.78 is 0. The minimum absolute atomic E-state index is 0.408. The van der Waals surface area contributed by atoms with E-state index in [4.69, 9.17) is 0 Å². The Bertz CT molecular complexity index is 605. The van der Waals surface area contributed by atoms with Gasteiger partial charge in [-0.3, -0.25) is 9.59 Å². The summed E-state index contributed by atoms with van der Waals surface area (Å²) >= 11 is 0. The van der Waals surface area contributed by atoms with Gasteiger partial charge < -0.3 is 0 Å². The normalized spacial score (nSPS) is 10.3. The molecule has 0 unspecified atom stereocenters. The predicted molar refractivity (Wildman–Crippen MR) is 69.8 cm³/mol. The second kappa shape index (κ2) is 5.01. The number of aromatic nitrogens is 3. The number of aryl methyl sites for hydroxylation is 1. The van der Waals surface area contributed by atoms with Crippen LogP contribution in [0.1, 0.15) is 19.5 Å². The van der Waals surface area contributed by atoms with E-state index in [0.717, 1.165) is 10.6 Å². The lowest BCUT2D eigenvalue weighted by atomic mass is 10.1. The van der Waals surface area contributed by atoms with Gasteiger partial charge in [-0.2, -0.15) is 5.01 Å². The van der Waals surface area contributed by atoms with Gasteiger partial charge in [0.1, 0.15) is 5.69 Å². The van der Waals surface area contributed by atoms with E-state index in [1.54, 1.807) is 6.92 Å². The summed E-state index contributed by atoms with van der Waals surface area (Å²) in [6, 6.07) is 9.39. The van der Waals surface area contributed by atoms with Gasteiger partial charge in [-0.1, -0.05) is 30.3 Å². The molecule has 6 nitrogen and oxygen atoms in total. The van der Waals surface area contributed by atoms with Gasteiger partial charge in [0.25, 0.3) is 0 Å². The molecule has 1 aromatic heterocycles. The monoisotopic (exact) mass is 258 g/mol. The topological polar surface area (TPSA) is 68.1 Å². The Morgan fingerprint density at radius 2 is 1.68 bits per heavy atom. The van der Waals surface area contributed by atoms with E-state index in [-0.39, 0.29) is 0 Å². The van der Waals surface area contributed by atoms with E-state index in [1.165, 1.54) is 18.6 Å². The van der Waals surface area contributed by atoms with Gasteiger partial charge in [-0.15, -0.1) is 9.89 Å². The van der Waals surface area contributed by atoms with Crippen LogP contribution >= 0.6 is 0 Å². The summed E-state index contributed by atoms with van der Waals surface area (Å²) in [5, 5.41) is 8.79. The second-order valence-electron chi connectivity index (χ2n) is 4.13. The highest BCUT2D eigenvalue weighted by molar-refractivity contribution is 6.06. The van der Waals surface area contributed by atoms with Crippen LogP contribution in [0.3, 0.4) is 0 Å². The van der Waals surface area contributed by atoms with Crippen molar-refractivity contribution in [2.75, 3.05) is 5.01 Å². The van der Waals surface area contributed by atoms with E-state index in [0.29, 0.717) is 11.4 Å². The molecule has 0 saturated heterocycles. The van der Waals surface area contributed by atoms with Gasteiger partial charge in [0.15, 0.2) is 0 Å². The summed E-state index contributed by atoms with van der Waals surface area (Å²) in [4.78, 5) is 24.4. The number of nitrogens with zero attached hydrogens (tertiary/aromatic N) is 4. The number of imide groups is 1. The molecule has 1 heterocycles. The molecule has 0 fully saturated rings. The molecule has 19 heavy (non-hydrogen) atoms. The predicted octanol–water partition coefficient (Wildman–Crippen LogP) is 1.28. The van der Waals surface area contributed by atoms with Crippen molar-refractivity contribution >= 4 is 11.8 Å². The Labute approximate surface area is 110 Å². The summed E-state index contributed by atoms with van der Waals surface area (Å²) in [5.41, 5.74) is 2.13. The summed E-state index contributed by atoms with van der Waals surface area (Å²) in [6.45, 7) is 4.41. The Morgan fingerprint density at radius 3 is 2.21 bits per heavy atom. The highest BCUT2D eigenvalue weighted by Crippen LogP contribution is 2.21. The number of rotatable bonds is 2. The molecule has 0 aliphatic heterocycles. The average Bonchev–Trinajstić information content (AvgIpc) is 2.71. The van der Waals surface area contributed by atoms with Crippen molar-refractivity contribution in [2.24, 2.45) is 0 Å². The fourth-order valence-electron chi connectivity index (χ4n) is 1.90. The first-order valence-corrected chi connectivity index (χ1v) is 5.81. The van der Waals surface area contributed by atoms with Crippen LogP contribution in [0.5, 0.6) is 0 Å². The summed E-state index contributed by atoms with van der Waals surface area (Å²) in [5.74, 6) is -0.816. The average molecular weight is 258 g/mol. The van der Waals surface area contributed by atoms with Gasteiger partial charge in [-0.05, 0) is 12.1 Å². The molecule has 98 valence electrons. The number of hydrogen-bond acceptors (Lipinski definition) is 4. The van der Waals surface area contributed by atoms with Crippen molar-refractivity contribution in [2.45, 2.75) is 20.8 Å². The van der Waals surface area contributed by atoms with Crippen molar-refractivity contribution < 1.29 is 9.59 Å². The lowest BCUT2D eigenvalue weighted by Gasteiger charge is -2.18. The number of benzene rings is 1. The van der Waals surface area contributed by atoms with Crippen LogP contribution in [0.2, 0.25) is 0 Å². The molecule has 0 saturated carbocycles. The molecule has 1 aromatic carbocycles. The molecule has 6 heteroatoms. The molecule has 2 rings (SSSR count). The van der Waals surface area contributed by atoms with Crippen LogP contribution in [0, 0.1) is 6.92 Å². The Morgan fingerprint density at radius 1 is 1.11 bits per heavy atom. The van der Waals surface area contributed by atoms with Gasteiger partial charge in [-0.25, -0.2) is 0 Å². The van der Waals surface area contributed by atoms with Crippen LogP contribution in [0.25, 0.3) is 11.3 Å². The van der Waals surface area contributed by atoms with Crippen molar-refractivity contribution in [1.82, 2.24) is 15.1 Å². The highest BCUT2D eigenvalue weighted by atomic mass is 16.2. The fraction of sp³-hybridized carbons (Fsp3) is 0.231. The third-order valence-corrected chi connectivity index (χ3v) is 2.66. The van der Waals surface area contributed by atoms with Gasteiger partial charge in [0, 0.05) is 19.4 Å². The summed E-state index contributed by atoms with van der Waals surface area (Å²) in [6.07, 6.45) is 0. The molecule has 0 N–H and O–H groups in total. The molecule has 0 aliphatic carbocycles. The molecule has 0 bridgehead atoms. The Kier molecular flexibility index (Phi) is 3.41. The number of hydrogen-bond donors (Lipinski definition) is 0.